The molecule has 182 valence electrons. The van der Waals surface area contributed by atoms with Crippen LogP contribution in [-0.2, 0) is 17.9 Å². The number of amides is 1. The lowest BCUT2D eigenvalue weighted by Crippen LogP contribution is -2.37. The largest absolute Gasteiger partial charge is 0.357 e. The Morgan fingerprint density at radius 1 is 1.11 bits per heavy atom. The summed E-state index contributed by atoms with van der Waals surface area (Å²) in [6.45, 7) is 8.50. The number of carbonyl (C=O) groups excluding carboxylic acids is 1. The number of benzene rings is 1. The summed E-state index contributed by atoms with van der Waals surface area (Å²) in [4.78, 5) is 31.1. The summed E-state index contributed by atoms with van der Waals surface area (Å²) in [5, 5.41) is 9.80. The number of nitriles is 1. The van der Waals surface area contributed by atoms with E-state index in [1.54, 1.807) is 9.47 Å². The molecule has 2 aliphatic rings. The van der Waals surface area contributed by atoms with Crippen LogP contribution in [0.3, 0.4) is 0 Å². The Bertz CT molecular complexity index is 1280. The third-order valence-corrected chi connectivity index (χ3v) is 7.94. The summed E-state index contributed by atoms with van der Waals surface area (Å²) >= 11 is 6.85. The van der Waals surface area contributed by atoms with E-state index in [0.717, 1.165) is 61.3 Å². The number of anilines is 1. The summed E-state index contributed by atoms with van der Waals surface area (Å²) in [7, 11) is 0. The number of rotatable bonds is 6. The van der Waals surface area contributed by atoms with Crippen LogP contribution in [0.5, 0.6) is 0 Å². The molecule has 0 unspecified atom stereocenters. The van der Waals surface area contributed by atoms with Crippen LogP contribution >= 0.6 is 24.0 Å². The van der Waals surface area contributed by atoms with Crippen molar-refractivity contribution in [3.05, 3.63) is 67.3 Å². The van der Waals surface area contributed by atoms with Crippen LogP contribution in [0.4, 0.5) is 5.82 Å². The molecular formula is C27H30N4O2S2. The standard InChI is InChI=1S/C27H30N4O2S2/c1-4-12-30-24(29-13-6-5-7-14-29)21(19(3)22(16-28)25(30)32)15-23-26(33)31(27(34)35-23)17-20-10-8-18(2)9-11-20/h8-11,15H,4-7,12-14,17H2,1-3H3/b23-15-. The van der Waals surface area contributed by atoms with E-state index in [1.807, 2.05) is 51.1 Å². The minimum absolute atomic E-state index is 0.139. The van der Waals surface area contributed by atoms with Crippen molar-refractivity contribution >= 4 is 46.1 Å². The highest BCUT2D eigenvalue weighted by atomic mass is 32.2. The maximum Gasteiger partial charge on any atom is 0.270 e. The van der Waals surface area contributed by atoms with Crippen molar-refractivity contribution in [2.24, 2.45) is 0 Å². The predicted molar refractivity (Wildman–Crippen MR) is 146 cm³/mol. The molecule has 0 N–H and O–H groups in total. The first-order chi connectivity index (χ1) is 16.8. The van der Waals surface area contributed by atoms with Gasteiger partial charge in [0.05, 0.1) is 11.4 Å². The highest BCUT2D eigenvalue weighted by molar-refractivity contribution is 8.26. The van der Waals surface area contributed by atoms with Gasteiger partial charge in [0, 0.05) is 25.2 Å². The number of hydrogen-bond donors (Lipinski definition) is 0. The molecule has 0 atom stereocenters. The van der Waals surface area contributed by atoms with Crippen molar-refractivity contribution in [1.82, 2.24) is 9.47 Å². The van der Waals surface area contributed by atoms with Crippen molar-refractivity contribution in [3.63, 3.8) is 0 Å². The Morgan fingerprint density at radius 3 is 2.43 bits per heavy atom. The molecule has 1 aromatic carbocycles. The summed E-state index contributed by atoms with van der Waals surface area (Å²) in [6, 6.07) is 10.2. The number of hydrogen-bond acceptors (Lipinski definition) is 6. The lowest BCUT2D eigenvalue weighted by molar-refractivity contribution is -0.122. The summed E-state index contributed by atoms with van der Waals surface area (Å²) in [6.07, 6.45) is 5.89. The number of aryl methyl sites for hydroxylation is 1. The zero-order valence-corrected chi connectivity index (χ0v) is 22.1. The summed E-state index contributed by atoms with van der Waals surface area (Å²) in [5.74, 6) is 0.674. The maximum absolute atomic E-state index is 13.4. The highest BCUT2D eigenvalue weighted by Crippen LogP contribution is 2.37. The smallest absolute Gasteiger partial charge is 0.270 e. The minimum Gasteiger partial charge on any atom is -0.357 e. The quantitative estimate of drug-likeness (QED) is 0.399. The third-order valence-electron chi connectivity index (χ3n) is 6.56. The van der Waals surface area contributed by atoms with Crippen molar-refractivity contribution in [3.8, 4) is 6.07 Å². The van der Waals surface area contributed by atoms with E-state index >= 15 is 0 Å². The zero-order chi connectivity index (χ0) is 25.1. The fourth-order valence-electron chi connectivity index (χ4n) is 4.67. The van der Waals surface area contributed by atoms with Crippen LogP contribution in [0.25, 0.3) is 6.08 Å². The van der Waals surface area contributed by atoms with Gasteiger partial charge in [0.2, 0.25) is 0 Å². The second-order valence-electron chi connectivity index (χ2n) is 9.11. The molecule has 6 nitrogen and oxygen atoms in total. The van der Waals surface area contributed by atoms with Gasteiger partial charge in [0.15, 0.2) is 0 Å². The molecule has 2 aromatic rings. The molecule has 1 aromatic heterocycles. The van der Waals surface area contributed by atoms with Crippen molar-refractivity contribution in [2.75, 3.05) is 18.0 Å². The molecule has 2 fully saturated rings. The SMILES string of the molecule is CCCn1c(N2CCCCC2)c(/C=C2\SC(=S)N(Cc3ccc(C)cc3)C2=O)c(C)c(C#N)c1=O. The molecule has 3 heterocycles. The Kier molecular flexibility index (Phi) is 7.78. The second kappa shape index (κ2) is 10.8. The molecular weight excluding hydrogens is 476 g/mol. The average molecular weight is 507 g/mol. The Morgan fingerprint density at radius 2 is 1.80 bits per heavy atom. The van der Waals surface area contributed by atoms with Crippen LogP contribution in [0.2, 0.25) is 0 Å². The molecule has 0 radical (unpaired) electrons. The number of pyridine rings is 1. The first-order valence-electron chi connectivity index (χ1n) is 12.1. The number of thiocarbonyl (C=S) groups is 1. The Balaban J connectivity index is 1.80. The lowest BCUT2D eigenvalue weighted by atomic mass is 10.0. The van der Waals surface area contributed by atoms with Crippen molar-refractivity contribution in [2.45, 2.75) is 59.5 Å². The number of nitrogens with zero attached hydrogens (tertiary/aromatic N) is 4. The lowest BCUT2D eigenvalue weighted by Gasteiger charge is -2.33. The van der Waals surface area contributed by atoms with Crippen LogP contribution < -0.4 is 10.5 Å². The Labute approximate surface area is 216 Å². The fourth-order valence-corrected chi connectivity index (χ4v) is 5.90. The van der Waals surface area contributed by atoms with Crippen LogP contribution in [0, 0.1) is 25.2 Å². The van der Waals surface area contributed by atoms with E-state index in [9.17, 15) is 14.9 Å². The van der Waals surface area contributed by atoms with Gasteiger partial charge < -0.3 is 4.90 Å². The first-order valence-corrected chi connectivity index (χ1v) is 13.3. The van der Waals surface area contributed by atoms with Gasteiger partial charge in [-0.05, 0) is 56.7 Å². The molecule has 8 heteroatoms. The maximum atomic E-state index is 13.4. The average Bonchev–Trinajstić information content (AvgIpc) is 3.11. The minimum atomic E-state index is -0.253. The number of piperidine rings is 1. The number of thioether (sulfide) groups is 1. The second-order valence-corrected chi connectivity index (χ2v) is 10.8. The summed E-state index contributed by atoms with van der Waals surface area (Å²) < 4.78 is 2.25. The van der Waals surface area contributed by atoms with E-state index in [2.05, 4.69) is 11.0 Å². The molecule has 0 bridgehead atoms. The molecule has 2 saturated heterocycles. The van der Waals surface area contributed by atoms with Gasteiger partial charge in [0.25, 0.3) is 11.5 Å². The number of carbonyl (C=O) groups is 1. The predicted octanol–water partition coefficient (Wildman–Crippen LogP) is 5.14. The van der Waals surface area contributed by atoms with Crippen molar-refractivity contribution < 1.29 is 4.79 Å². The zero-order valence-electron chi connectivity index (χ0n) is 20.5. The molecule has 4 rings (SSSR count). The number of aromatic nitrogens is 1. The molecule has 0 spiro atoms. The topological polar surface area (TPSA) is 69.3 Å². The van der Waals surface area contributed by atoms with Gasteiger partial charge in [-0.1, -0.05) is 60.7 Å². The third kappa shape index (κ3) is 5.07. The molecule has 2 aliphatic heterocycles. The van der Waals surface area contributed by atoms with Gasteiger partial charge in [-0.3, -0.25) is 19.1 Å². The summed E-state index contributed by atoms with van der Waals surface area (Å²) in [5.41, 5.74) is 3.45. The van der Waals surface area contributed by atoms with Crippen LogP contribution in [0.1, 0.15) is 60.4 Å². The highest BCUT2D eigenvalue weighted by Gasteiger charge is 2.33. The fraction of sp³-hybridized carbons (Fsp3) is 0.407. The van der Waals surface area contributed by atoms with Crippen LogP contribution in [-0.4, -0.2) is 32.8 Å². The van der Waals surface area contributed by atoms with Gasteiger partial charge in [0.1, 0.15) is 21.8 Å². The Hall–Kier alpha value is -2.89. The molecule has 35 heavy (non-hydrogen) atoms. The normalized spacial score (nSPS) is 17.4. The molecule has 1 amide bonds. The van der Waals surface area contributed by atoms with Gasteiger partial charge in [-0.15, -0.1) is 0 Å². The molecule has 0 saturated carbocycles. The first kappa shape index (κ1) is 25.2. The van der Waals surface area contributed by atoms with E-state index in [0.29, 0.717) is 27.9 Å². The monoisotopic (exact) mass is 506 g/mol. The van der Waals surface area contributed by atoms with E-state index in [1.165, 1.54) is 11.8 Å². The van der Waals surface area contributed by atoms with E-state index in [-0.39, 0.29) is 17.0 Å². The van der Waals surface area contributed by atoms with Gasteiger partial charge in [-0.25, -0.2) is 0 Å². The molecule has 0 aliphatic carbocycles. The van der Waals surface area contributed by atoms with Gasteiger partial charge >= 0.3 is 0 Å². The van der Waals surface area contributed by atoms with Crippen molar-refractivity contribution in [1.29, 1.82) is 5.26 Å². The van der Waals surface area contributed by atoms with Gasteiger partial charge in [-0.2, -0.15) is 5.26 Å². The van der Waals surface area contributed by atoms with Crippen LogP contribution in [0.15, 0.2) is 34.0 Å². The van der Waals surface area contributed by atoms with E-state index < -0.39 is 0 Å². The van der Waals surface area contributed by atoms with E-state index in [4.69, 9.17) is 12.2 Å².